The molecule has 0 saturated heterocycles. The summed E-state index contributed by atoms with van der Waals surface area (Å²) in [6.07, 6.45) is -0.511. The van der Waals surface area contributed by atoms with Gasteiger partial charge in [0.05, 0.1) is 0 Å². The van der Waals surface area contributed by atoms with Crippen molar-refractivity contribution in [3.05, 3.63) is 35.4 Å². The van der Waals surface area contributed by atoms with Gasteiger partial charge in [-0.25, -0.2) is 4.79 Å². The van der Waals surface area contributed by atoms with Gasteiger partial charge in [0.2, 0.25) is 0 Å². The molecule has 0 fully saturated rings. The third-order valence-corrected chi connectivity index (χ3v) is 2.78. The van der Waals surface area contributed by atoms with E-state index in [1.54, 1.807) is 39.0 Å². The van der Waals surface area contributed by atoms with Crippen LogP contribution in [0.5, 0.6) is 0 Å². The lowest BCUT2D eigenvalue weighted by atomic mass is 10.0. The summed E-state index contributed by atoms with van der Waals surface area (Å²) in [5.41, 5.74) is 6.82. The molecule has 22 heavy (non-hydrogen) atoms. The van der Waals surface area contributed by atoms with E-state index < -0.39 is 17.7 Å². The van der Waals surface area contributed by atoms with Gasteiger partial charge in [0.15, 0.2) is 0 Å². The van der Waals surface area contributed by atoms with Crippen LogP contribution in [0.1, 0.15) is 49.7 Å². The second-order valence-corrected chi connectivity index (χ2v) is 5.97. The third kappa shape index (κ3) is 6.13. The van der Waals surface area contributed by atoms with Crippen molar-refractivity contribution in [3.63, 3.8) is 0 Å². The average Bonchev–Trinajstić information content (AvgIpc) is 2.43. The molecule has 2 amide bonds. The molecule has 1 unspecified atom stereocenters. The molecule has 1 atom stereocenters. The predicted molar refractivity (Wildman–Crippen MR) is 85.6 cm³/mol. The molecule has 1 aromatic carbocycles. The largest absolute Gasteiger partial charge is 0.444 e. The van der Waals surface area contributed by atoms with Crippen molar-refractivity contribution in [1.29, 1.82) is 0 Å². The van der Waals surface area contributed by atoms with Crippen molar-refractivity contribution >= 4 is 12.0 Å². The zero-order valence-electron chi connectivity index (χ0n) is 13.6. The van der Waals surface area contributed by atoms with Crippen LogP contribution in [0.25, 0.3) is 0 Å². The fraction of sp³-hybridized carbons (Fsp3) is 0.500. The lowest BCUT2D eigenvalue weighted by Gasteiger charge is -2.21. The lowest BCUT2D eigenvalue weighted by Crippen LogP contribution is -2.36. The van der Waals surface area contributed by atoms with Crippen molar-refractivity contribution < 1.29 is 14.3 Å². The first kappa shape index (κ1) is 18.0. The van der Waals surface area contributed by atoms with E-state index in [1.165, 1.54) is 0 Å². The molecular formula is C16H25N3O3. The average molecular weight is 307 g/mol. The molecule has 0 aliphatic heterocycles. The third-order valence-electron chi connectivity index (χ3n) is 2.78. The van der Waals surface area contributed by atoms with Crippen LogP contribution in [0.2, 0.25) is 0 Å². The predicted octanol–water partition coefficient (Wildman–Crippen LogP) is 1.96. The molecule has 0 bridgehead atoms. The summed E-state index contributed by atoms with van der Waals surface area (Å²) in [6, 6.07) is 6.63. The van der Waals surface area contributed by atoms with E-state index in [-0.39, 0.29) is 12.5 Å². The monoisotopic (exact) mass is 307 g/mol. The van der Waals surface area contributed by atoms with Crippen LogP contribution < -0.4 is 16.4 Å². The molecular weight excluding hydrogens is 282 g/mol. The number of rotatable bonds is 5. The molecule has 0 heterocycles. The van der Waals surface area contributed by atoms with E-state index >= 15 is 0 Å². The van der Waals surface area contributed by atoms with Gasteiger partial charge in [-0.15, -0.1) is 0 Å². The number of nitrogens with two attached hydrogens (primary N) is 1. The van der Waals surface area contributed by atoms with Crippen molar-refractivity contribution in [3.8, 4) is 0 Å². The van der Waals surface area contributed by atoms with E-state index in [0.717, 1.165) is 5.56 Å². The van der Waals surface area contributed by atoms with Crippen LogP contribution in [-0.4, -0.2) is 30.7 Å². The fourth-order valence-electron chi connectivity index (χ4n) is 1.80. The Morgan fingerprint density at radius 1 is 1.27 bits per heavy atom. The minimum Gasteiger partial charge on any atom is -0.444 e. The molecule has 0 saturated carbocycles. The van der Waals surface area contributed by atoms with Crippen LogP contribution in [0.4, 0.5) is 4.79 Å². The molecule has 0 radical (unpaired) electrons. The highest BCUT2D eigenvalue weighted by Crippen LogP contribution is 2.13. The van der Waals surface area contributed by atoms with E-state index in [2.05, 4.69) is 10.6 Å². The van der Waals surface area contributed by atoms with Crippen LogP contribution in [0, 0.1) is 0 Å². The maximum atomic E-state index is 11.8. The van der Waals surface area contributed by atoms with E-state index in [1.807, 2.05) is 13.0 Å². The first-order chi connectivity index (χ1) is 10.2. The van der Waals surface area contributed by atoms with Gasteiger partial charge in [-0.2, -0.15) is 0 Å². The van der Waals surface area contributed by atoms with Crippen LogP contribution in [0.15, 0.2) is 24.3 Å². The van der Waals surface area contributed by atoms with Crippen molar-refractivity contribution in [2.45, 2.75) is 39.3 Å². The second kappa shape index (κ2) is 7.79. The molecule has 0 aliphatic rings. The highest BCUT2D eigenvalue weighted by atomic mass is 16.6. The van der Waals surface area contributed by atoms with Crippen molar-refractivity contribution in [2.24, 2.45) is 5.73 Å². The number of hydrogen-bond acceptors (Lipinski definition) is 4. The maximum absolute atomic E-state index is 11.8. The molecule has 6 nitrogen and oxygen atoms in total. The molecule has 0 aliphatic carbocycles. The molecule has 1 aromatic rings. The molecule has 0 aromatic heterocycles. The van der Waals surface area contributed by atoms with Crippen molar-refractivity contribution in [1.82, 2.24) is 10.6 Å². The Morgan fingerprint density at radius 3 is 2.55 bits per heavy atom. The first-order valence-corrected chi connectivity index (χ1v) is 7.33. The highest BCUT2D eigenvalue weighted by Gasteiger charge is 2.17. The number of carbonyl (C=O) groups is 2. The van der Waals surface area contributed by atoms with Gasteiger partial charge in [-0.1, -0.05) is 12.1 Å². The topological polar surface area (TPSA) is 93.5 Å². The summed E-state index contributed by atoms with van der Waals surface area (Å²) in [4.78, 5) is 23.4. The van der Waals surface area contributed by atoms with Crippen molar-refractivity contribution in [2.75, 3.05) is 13.1 Å². The summed E-state index contributed by atoms with van der Waals surface area (Å²) in [6.45, 7) is 8.04. The maximum Gasteiger partial charge on any atom is 0.407 e. The Balaban J connectivity index is 2.62. The number of nitrogens with one attached hydrogen (secondary N) is 2. The molecule has 0 spiro atoms. The van der Waals surface area contributed by atoms with E-state index in [9.17, 15) is 9.59 Å². The molecule has 122 valence electrons. The van der Waals surface area contributed by atoms with E-state index in [4.69, 9.17) is 10.5 Å². The smallest absolute Gasteiger partial charge is 0.407 e. The quantitative estimate of drug-likeness (QED) is 0.775. The number of benzene rings is 1. The molecule has 4 N–H and O–H groups in total. The van der Waals surface area contributed by atoms with Crippen LogP contribution in [-0.2, 0) is 4.74 Å². The number of hydrogen-bond donors (Lipinski definition) is 3. The number of amides is 2. The van der Waals surface area contributed by atoms with Crippen LogP contribution in [0.3, 0.4) is 0 Å². The fourth-order valence-corrected chi connectivity index (χ4v) is 1.80. The molecule has 1 rings (SSSR count). The Bertz CT molecular complexity index is 524. The van der Waals surface area contributed by atoms with Gasteiger partial charge in [-0.3, -0.25) is 4.79 Å². The number of carbonyl (C=O) groups excluding carboxylic acids is 2. The Kier molecular flexibility index (Phi) is 6.37. The minimum atomic E-state index is -0.549. The normalized spacial score (nSPS) is 12.4. The second-order valence-electron chi connectivity index (χ2n) is 5.97. The Morgan fingerprint density at radius 2 is 1.95 bits per heavy atom. The zero-order chi connectivity index (χ0) is 16.8. The van der Waals surface area contributed by atoms with Gasteiger partial charge in [-0.05, 0) is 45.4 Å². The molecule has 6 heteroatoms. The van der Waals surface area contributed by atoms with Gasteiger partial charge in [0.1, 0.15) is 5.60 Å². The minimum absolute atomic E-state index is 0.142. The highest BCUT2D eigenvalue weighted by molar-refractivity contribution is 5.94. The van der Waals surface area contributed by atoms with Gasteiger partial charge < -0.3 is 21.1 Å². The van der Waals surface area contributed by atoms with E-state index in [0.29, 0.717) is 12.1 Å². The Hall–Kier alpha value is -2.08. The zero-order valence-corrected chi connectivity index (χ0v) is 13.6. The summed E-state index contributed by atoms with van der Waals surface area (Å²) in [5, 5.41) is 5.36. The standard InChI is InChI=1S/C16H25N3O3/c1-5-18-14(20)12-8-6-7-11(9-12)13(17)10-19-15(21)22-16(2,3)4/h6-9,13H,5,10,17H2,1-4H3,(H,18,20)(H,19,21). The van der Waals surface area contributed by atoms with Gasteiger partial charge in [0, 0.05) is 24.7 Å². The number of alkyl carbamates (subject to hydrolysis) is 1. The summed E-state index contributed by atoms with van der Waals surface area (Å²) in [5.74, 6) is -0.142. The summed E-state index contributed by atoms with van der Waals surface area (Å²) < 4.78 is 5.15. The SMILES string of the molecule is CCNC(=O)c1cccc(C(N)CNC(=O)OC(C)(C)C)c1. The first-order valence-electron chi connectivity index (χ1n) is 7.33. The van der Waals surface area contributed by atoms with Gasteiger partial charge >= 0.3 is 6.09 Å². The Labute approximate surface area is 131 Å². The summed E-state index contributed by atoms with van der Waals surface area (Å²) in [7, 11) is 0. The lowest BCUT2D eigenvalue weighted by molar-refractivity contribution is 0.0524. The summed E-state index contributed by atoms with van der Waals surface area (Å²) >= 11 is 0. The van der Waals surface area contributed by atoms with Crippen LogP contribution >= 0.6 is 0 Å². The van der Waals surface area contributed by atoms with Gasteiger partial charge in [0.25, 0.3) is 5.91 Å². The number of ether oxygens (including phenoxy) is 1.